The number of rotatable bonds is 7. The van der Waals surface area contributed by atoms with E-state index in [1.807, 2.05) is 97.1 Å². The zero-order valence-electron chi connectivity index (χ0n) is 40.4. The third-order valence-corrected chi connectivity index (χ3v) is 12.0. The van der Waals surface area contributed by atoms with Crippen LogP contribution in [-0.2, 0) is 0 Å². The van der Waals surface area contributed by atoms with Crippen molar-refractivity contribution in [2.75, 3.05) is 0 Å². The molecule has 12 rings (SSSR count). The highest BCUT2D eigenvalue weighted by atomic mass is 15.0. The van der Waals surface area contributed by atoms with Crippen molar-refractivity contribution in [3.8, 4) is 67.0 Å². The first kappa shape index (κ1) is 29.1. The van der Waals surface area contributed by atoms with E-state index in [1.54, 1.807) is 4.57 Å². The summed E-state index contributed by atoms with van der Waals surface area (Å²) in [5.74, 6) is 0. The highest BCUT2D eigenvalue weighted by Gasteiger charge is 2.19. The van der Waals surface area contributed by atoms with Crippen molar-refractivity contribution in [1.29, 1.82) is 0 Å². The number of para-hydroxylation sites is 1. The number of benzene rings is 10. The number of aromatic nitrogens is 2. The molecule has 0 bridgehead atoms. The quantitative estimate of drug-likeness (QED) is 0.152. The Morgan fingerprint density at radius 3 is 1.53 bits per heavy atom. The van der Waals surface area contributed by atoms with Crippen molar-refractivity contribution in [3.05, 3.63) is 242 Å². The standard InChI is InChI=1S/C60H40N2/c1-4-14-41(15-5-1)43-26-28-44(29-27-43)45-30-34-50(35-31-45)61-56-24-11-10-22-53(56)54-39-48(32-36-57(54)61)49-33-37-58-55(40-49)60-52(46-18-8-3-9-19-46)23-13-25-59(60)62(58)51-21-12-20-47(38-51)42-16-6-2-7-17-42/h1-40H/i10D,11D,22D,24D,32D,36D,39D. The van der Waals surface area contributed by atoms with Crippen LogP contribution in [0.25, 0.3) is 111 Å². The molecular weight excluding hydrogens is 749 g/mol. The van der Waals surface area contributed by atoms with Crippen LogP contribution in [0.5, 0.6) is 0 Å². The van der Waals surface area contributed by atoms with E-state index in [0.717, 1.165) is 72.0 Å². The maximum atomic E-state index is 10.0. The molecule has 0 radical (unpaired) electrons. The van der Waals surface area contributed by atoms with Gasteiger partial charge < -0.3 is 9.13 Å². The SMILES string of the molecule is [2H]c1c([2H])c([2H])c2c(c1[2H])c1c([2H])c(-c3ccc4c(c3)c3c(-c5ccccc5)cccc3n4-c3cccc(-c4ccccc4)c3)c([2H])c([2H])c1n2-c1ccc(-c2ccc(-c3ccccc3)cc2)cc1. The maximum absolute atomic E-state index is 10.0. The van der Waals surface area contributed by atoms with Gasteiger partial charge in [-0.2, -0.15) is 0 Å². The minimum Gasteiger partial charge on any atom is -0.309 e. The fraction of sp³-hybridized carbons (Fsp3) is 0. The van der Waals surface area contributed by atoms with E-state index in [-0.39, 0.29) is 57.6 Å². The van der Waals surface area contributed by atoms with Crippen molar-refractivity contribution in [1.82, 2.24) is 9.13 Å². The molecule has 2 heterocycles. The number of fused-ring (bicyclic) bond motifs is 6. The van der Waals surface area contributed by atoms with Crippen LogP contribution in [0.15, 0.2) is 242 Å². The van der Waals surface area contributed by atoms with Crippen molar-refractivity contribution in [2.24, 2.45) is 0 Å². The molecule has 62 heavy (non-hydrogen) atoms. The zero-order chi connectivity index (χ0) is 47.1. The molecule has 12 aromatic rings. The van der Waals surface area contributed by atoms with Crippen LogP contribution in [0.3, 0.4) is 0 Å². The van der Waals surface area contributed by atoms with Gasteiger partial charge in [0.05, 0.1) is 31.7 Å². The summed E-state index contributed by atoms with van der Waals surface area (Å²) in [5.41, 5.74) is 12.9. The lowest BCUT2D eigenvalue weighted by Crippen LogP contribution is -1.94. The molecule has 2 aromatic heterocycles. The highest BCUT2D eigenvalue weighted by molar-refractivity contribution is 6.17. The van der Waals surface area contributed by atoms with Crippen molar-refractivity contribution >= 4 is 43.6 Å². The molecule has 0 aliphatic carbocycles. The Bertz CT molecular complexity index is 3990. The number of hydrogen-bond acceptors (Lipinski definition) is 0. The van der Waals surface area contributed by atoms with Crippen LogP contribution in [-0.4, -0.2) is 9.13 Å². The van der Waals surface area contributed by atoms with Gasteiger partial charge in [0.1, 0.15) is 0 Å². The molecule has 10 aromatic carbocycles. The molecule has 2 heteroatoms. The predicted molar refractivity (Wildman–Crippen MR) is 262 cm³/mol. The molecule has 2 nitrogen and oxygen atoms in total. The van der Waals surface area contributed by atoms with E-state index >= 15 is 0 Å². The van der Waals surface area contributed by atoms with Gasteiger partial charge in [0, 0.05) is 32.9 Å². The first-order valence-corrected chi connectivity index (χ1v) is 20.8. The molecule has 0 saturated heterocycles. The van der Waals surface area contributed by atoms with Crippen molar-refractivity contribution < 1.29 is 9.60 Å². The van der Waals surface area contributed by atoms with E-state index in [9.17, 15) is 6.85 Å². The second kappa shape index (κ2) is 14.8. The summed E-state index contributed by atoms with van der Waals surface area (Å²) in [5, 5.41) is 2.23. The van der Waals surface area contributed by atoms with Gasteiger partial charge in [-0.15, -0.1) is 0 Å². The first-order valence-electron chi connectivity index (χ1n) is 24.3. The Labute approximate surface area is 370 Å². The Morgan fingerprint density at radius 1 is 0.290 bits per heavy atom. The monoisotopic (exact) mass is 795 g/mol. The highest BCUT2D eigenvalue weighted by Crippen LogP contribution is 2.42. The minimum atomic E-state index is -0.428. The van der Waals surface area contributed by atoms with Crippen LogP contribution >= 0.6 is 0 Å². The fourth-order valence-corrected chi connectivity index (χ4v) is 9.02. The summed E-state index contributed by atoms with van der Waals surface area (Å²) in [6.07, 6.45) is 0. The van der Waals surface area contributed by atoms with Crippen LogP contribution in [0, 0.1) is 0 Å². The van der Waals surface area contributed by atoms with Gasteiger partial charge in [-0.1, -0.05) is 182 Å². The Morgan fingerprint density at radius 2 is 0.823 bits per heavy atom. The number of nitrogens with zero attached hydrogens (tertiary/aromatic N) is 2. The Balaban J connectivity index is 1.07. The smallest absolute Gasteiger partial charge is 0.0645 e. The van der Waals surface area contributed by atoms with Crippen molar-refractivity contribution in [2.45, 2.75) is 0 Å². The van der Waals surface area contributed by atoms with Gasteiger partial charge in [-0.05, 0) is 116 Å². The topological polar surface area (TPSA) is 9.86 Å². The maximum Gasteiger partial charge on any atom is 0.0645 e. The van der Waals surface area contributed by atoms with E-state index in [4.69, 9.17) is 2.74 Å². The van der Waals surface area contributed by atoms with Crippen LogP contribution in [0.4, 0.5) is 0 Å². The second-order valence-corrected chi connectivity index (χ2v) is 15.6. The summed E-state index contributed by atoms with van der Waals surface area (Å²) in [6, 6.07) is 65.5. The van der Waals surface area contributed by atoms with Crippen LogP contribution in [0.2, 0.25) is 0 Å². The predicted octanol–water partition coefficient (Wildman–Crippen LogP) is 16.2. The van der Waals surface area contributed by atoms with E-state index in [2.05, 4.69) is 108 Å². The molecule has 0 aliphatic rings. The van der Waals surface area contributed by atoms with Gasteiger partial charge in [0.2, 0.25) is 0 Å². The molecule has 0 N–H and O–H groups in total. The fourth-order valence-electron chi connectivity index (χ4n) is 9.02. The lowest BCUT2D eigenvalue weighted by Gasteiger charge is -2.11. The van der Waals surface area contributed by atoms with Gasteiger partial charge in [0.15, 0.2) is 0 Å². The molecule has 290 valence electrons. The molecule has 0 fully saturated rings. The van der Waals surface area contributed by atoms with E-state index in [1.165, 1.54) is 0 Å². The summed E-state index contributed by atoms with van der Waals surface area (Å²) in [6.45, 7) is 0. The van der Waals surface area contributed by atoms with E-state index in [0.29, 0.717) is 11.3 Å². The lowest BCUT2D eigenvalue weighted by atomic mass is 9.97. The van der Waals surface area contributed by atoms with Gasteiger partial charge in [0.25, 0.3) is 0 Å². The Hall–Kier alpha value is -8.20. The van der Waals surface area contributed by atoms with Gasteiger partial charge in [-0.25, -0.2) is 0 Å². The normalized spacial score (nSPS) is 13.1. The van der Waals surface area contributed by atoms with Gasteiger partial charge >= 0.3 is 0 Å². The molecule has 0 aliphatic heterocycles. The summed E-state index contributed by atoms with van der Waals surface area (Å²) < 4.78 is 69.4. The molecular formula is C60H40N2. The molecule has 0 unspecified atom stereocenters. The van der Waals surface area contributed by atoms with Crippen molar-refractivity contribution in [3.63, 3.8) is 0 Å². The third-order valence-electron chi connectivity index (χ3n) is 12.0. The zero-order valence-corrected chi connectivity index (χ0v) is 33.4. The summed E-state index contributed by atoms with van der Waals surface area (Å²) in [7, 11) is 0. The molecule has 0 saturated carbocycles. The van der Waals surface area contributed by atoms with E-state index < -0.39 is 12.1 Å². The summed E-state index contributed by atoms with van der Waals surface area (Å²) in [4.78, 5) is 0. The molecule has 0 amide bonds. The van der Waals surface area contributed by atoms with Gasteiger partial charge in [-0.3, -0.25) is 0 Å². The van der Waals surface area contributed by atoms with Crippen LogP contribution in [0.1, 0.15) is 9.60 Å². The second-order valence-electron chi connectivity index (χ2n) is 15.6. The summed E-state index contributed by atoms with van der Waals surface area (Å²) >= 11 is 0. The lowest BCUT2D eigenvalue weighted by molar-refractivity contribution is 1.18. The molecule has 0 spiro atoms. The third kappa shape index (κ3) is 6.04. The molecule has 0 atom stereocenters. The average Bonchev–Trinajstić information content (AvgIpc) is 3.94. The van der Waals surface area contributed by atoms with Crippen LogP contribution < -0.4 is 0 Å². The largest absolute Gasteiger partial charge is 0.309 e. The number of hydrogen-bond donors (Lipinski definition) is 0. The average molecular weight is 796 g/mol. The minimum absolute atomic E-state index is 0.0863. The Kier molecular flexibility index (Phi) is 6.95. The first-order chi connectivity index (χ1) is 33.7.